The molecule has 1 saturated heterocycles. The summed E-state index contributed by atoms with van der Waals surface area (Å²) in [6.07, 6.45) is -1.18. The minimum Gasteiger partial charge on any atom is -0.481 e. The van der Waals surface area contributed by atoms with E-state index in [0.717, 1.165) is 4.90 Å². The van der Waals surface area contributed by atoms with E-state index in [9.17, 15) is 28.8 Å². The maximum absolute atomic E-state index is 12.7. The van der Waals surface area contributed by atoms with Gasteiger partial charge in [-0.1, -0.05) is 0 Å². The molecule has 1 fully saturated rings. The van der Waals surface area contributed by atoms with Gasteiger partial charge in [-0.05, 0) is 19.3 Å². The number of hydrogen-bond acceptors (Lipinski definition) is 8. The molecule has 31 heavy (non-hydrogen) atoms. The van der Waals surface area contributed by atoms with Crippen LogP contribution in [0.3, 0.4) is 0 Å². The predicted molar refractivity (Wildman–Crippen MR) is 100 cm³/mol. The lowest BCUT2D eigenvalue weighted by atomic mass is 10.1. The molecule has 0 spiro atoms. The van der Waals surface area contributed by atoms with Gasteiger partial charge in [0.2, 0.25) is 17.7 Å². The van der Waals surface area contributed by atoms with Crippen LogP contribution in [-0.2, 0) is 28.8 Å². The fourth-order valence-corrected chi connectivity index (χ4v) is 3.05. The lowest BCUT2D eigenvalue weighted by Gasteiger charge is -2.28. The summed E-state index contributed by atoms with van der Waals surface area (Å²) in [5.74, 6) is -6.92. The highest BCUT2D eigenvalue weighted by atomic mass is 16.4. The van der Waals surface area contributed by atoms with Gasteiger partial charge in [0.15, 0.2) is 0 Å². The zero-order valence-corrected chi connectivity index (χ0v) is 16.5. The Labute approximate surface area is 176 Å². The van der Waals surface area contributed by atoms with Crippen molar-refractivity contribution in [1.29, 1.82) is 0 Å². The number of aliphatic carboxylic acids is 3. The van der Waals surface area contributed by atoms with E-state index >= 15 is 0 Å². The number of nitrogens with zero attached hydrogens (tertiary/aromatic N) is 1. The molecule has 3 amide bonds. The van der Waals surface area contributed by atoms with Crippen LogP contribution in [0.15, 0.2) is 0 Å². The van der Waals surface area contributed by atoms with Crippen molar-refractivity contribution in [2.45, 2.75) is 56.3 Å². The van der Waals surface area contributed by atoms with Gasteiger partial charge in [0, 0.05) is 13.0 Å². The summed E-state index contributed by atoms with van der Waals surface area (Å²) in [6.45, 7) is -0.441. The average molecular weight is 446 g/mol. The van der Waals surface area contributed by atoms with E-state index in [1.807, 2.05) is 5.32 Å². The molecule has 0 aliphatic carbocycles. The van der Waals surface area contributed by atoms with E-state index < -0.39 is 85.7 Å². The van der Waals surface area contributed by atoms with E-state index in [-0.39, 0.29) is 13.0 Å². The molecule has 1 rings (SSSR count). The summed E-state index contributed by atoms with van der Waals surface area (Å²) in [4.78, 5) is 71.4. The number of hydrogen-bond donors (Lipinski definition) is 7. The Kier molecular flexibility index (Phi) is 9.82. The van der Waals surface area contributed by atoms with Crippen molar-refractivity contribution < 1.29 is 49.2 Å². The van der Waals surface area contributed by atoms with Crippen molar-refractivity contribution in [2.75, 3.05) is 13.2 Å². The molecule has 4 unspecified atom stereocenters. The molecule has 0 saturated carbocycles. The molecule has 1 aliphatic heterocycles. The molecule has 0 bridgehead atoms. The van der Waals surface area contributed by atoms with E-state index in [1.165, 1.54) is 0 Å². The van der Waals surface area contributed by atoms with E-state index in [1.54, 1.807) is 0 Å². The summed E-state index contributed by atoms with van der Waals surface area (Å²) in [6, 6.07) is -5.52. The van der Waals surface area contributed by atoms with Gasteiger partial charge in [-0.25, -0.2) is 4.79 Å². The Morgan fingerprint density at radius 1 is 1.00 bits per heavy atom. The molecule has 0 aromatic heterocycles. The normalized spacial score (nSPS) is 18.5. The van der Waals surface area contributed by atoms with Crippen molar-refractivity contribution >= 4 is 35.6 Å². The van der Waals surface area contributed by atoms with Crippen molar-refractivity contribution in [1.82, 2.24) is 15.5 Å². The molecular weight excluding hydrogens is 420 g/mol. The molecule has 14 heteroatoms. The number of rotatable bonds is 12. The van der Waals surface area contributed by atoms with Crippen LogP contribution in [0.5, 0.6) is 0 Å². The molecular formula is C17H26N4O10. The molecule has 14 nitrogen and oxygen atoms in total. The Hall–Kier alpha value is -3.26. The molecule has 8 N–H and O–H groups in total. The van der Waals surface area contributed by atoms with Crippen molar-refractivity contribution in [3.05, 3.63) is 0 Å². The number of nitrogens with one attached hydrogen (secondary N) is 2. The second kappa shape index (κ2) is 11.8. The van der Waals surface area contributed by atoms with Gasteiger partial charge in [0.1, 0.15) is 24.2 Å². The Balaban J connectivity index is 2.94. The molecule has 4 atom stereocenters. The van der Waals surface area contributed by atoms with Crippen LogP contribution >= 0.6 is 0 Å². The third kappa shape index (κ3) is 7.82. The number of aliphatic hydroxyl groups excluding tert-OH is 1. The highest BCUT2D eigenvalue weighted by molar-refractivity contribution is 5.95. The highest BCUT2D eigenvalue weighted by Crippen LogP contribution is 2.19. The van der Waals surface area contributed by atoms with Gasteiger partial charge >= 0.3 is 17.9 Å². The van der Waals surface area contributed by atoms with Gasteiger partial charge in [0.05, 0.1) is 13.0 Å². The molecule has 1 heterocycles. The van der Waals surface area contributed by atoms with Gasteiger partial charge in [-0.2, -0.15) is 0 Å². The first kappa shape index (κ1) is 25.8. The Morgan fingerprint density at radius 2 is 1.65 bits per heavy atom. The van der Waals surface area contributed by atoms with Crippen LogP contribution < -0.4 is 16.4 Å². The first-order chi connectivity index (χ1) is 14.5. The summed E-state index contributed by atoms with van der Waals surface area (Å²) < 4.78 is 0. The summed E-state index contributed by atoms with van der Waals surface area (Å²) in [7, 11) is 0. The third-order valence-electron chi connectivity index (χ3n) is 4.63. The van der Waals surface area contributed by atoms with Crippen LogP contribution in [0, 0.1) is 0 Å². The number of amides is 3. The second-order valence-electron chi connectivity index (χ2n) is 6.97. The van der Waals surface area contributed by atoms with E-state index in [2.05, 4.69) is 5.32 Å². The number of nitrogens with two attached hydrogens (primary N) is 1. The Morgan fingerprint density at radius 3 is 2.16 bits per heavy atom. The van der Waals surface area contributed by atoms with Crippen molar-refractivity contribution in [3.63, 3.8) is 0 Å². The summed E-state index contributed by atoms with van der Waals surface area (Å²) >= 11 is 0. The molecule has 1 aliphatic rings. The van der Waals surface area contributed by atoms with Crippen LogP contribution in [0.25, 0.3) is 0 Å². The zero-order valence-electron chi connectivity index (χ0n) is 16.5. The van der Waals surface area contributed by atoms with Crippen LogP contribution in [0.2, 0.25) is 0 Å². The lowest BCUT2D eigenvalue weighted by Crippen LogP contribution is -2.57. The number of carboxylic acids is 3. The van der Waals surface area contributed by atoms with E-state index in [4.69, 9.17) is 26.2 Å². The van der Waals surface area contributed by atoms with Crippen molar-refractivity contribution in [3.8, 4) is 0 Å². The number of carboxylic acid groups (broad SMARTS) is 3. The third-order valence-corrected chi connectivity index (χ3v) is 4.63. The Bertz CT molecular complexity index is 728. The van der Waals surface area contributed by atoms with E-state index in [0.29, 0.717) is 6.42 Å². The van der Waals surface area contributed by atoms with Gasteiger partial charge in [0.25, 0.3) is 0 Å². The minimum absolute atomic E-state index is 0.191. The molecule has 0 radical (unpaired) electrons. The fraction of sp³-hybridized carbons (Fsp3) is 0.647. The topological polar surface area (TPSA) is 237 Å². The monoisotopic (exact) mass is 446 g/mol. The second-order valence-corrected chi connectivity index (χ2v) is 6.97. The highest BCUT2D eigenvalue weighted by Gasteiger charge is 2.38. The van der Waals surface area contributed by atoms with Crippen LogP contribution in [-0.4, -0.2) is 98.3 Å². The summed E-state index contributed by atoms with van der Waals surface area (Å²) in [5.41, 5.74) is 5.51. The zero-order chi connectivity index (χ0) is 23.7. The minimum atomic E-state index is -1.79. The molecule has 0 aromatic carbocycles. The number of aliphatic hydroxyl groups is 1. The maximum atomic E-state index is 12.7. The quantitative estimate of drug-likeness (QED) is 0.157. The van der Waals surface area contributed by atoms with Crippen molar-refractivity contribution in [2.24, 2.45) is 5.73 Å². The average Bonchev–Trinajstić information content (AvgIpc) is 3.18. The molecule has 0 aromatic rings. The standard InChI is InChI=1S/C17H26N4O10/c18-8(7-22)16(29)21-5-1-2-11(21)15(28)19-9(3-4-12(23)24)14(27)20-10(17(30)31)6-13(25)26/h8-11,22H,1-7,18H2,(H,19,28)(H,20,27)(H,23,24)(H,25,26)(H,30,31). The number of likely N-dealkylation sites (tertiary alicyclic amines) is 1. The number of carbonyl (C=O) groups is 6. The predicted octanol–water partition coefficient (Wildman–Crippen LogP) is -3.31. The lowest BCUT2D eigenvalue weighted by molar-refractivity contribution is -0.147. The van der Waals surface area contributed by atoms with Gasteiger partial charge in [-0.3, -0.25) is 24.0 Å². The largest absolute Gasteiger partial charge is 0.481 e. The van der Waals surface area contributed by atoms with Crippen LogP contribution in [0.1, 0.15) is 32.1 Å². The van der Waals surface area contributed by atoms with Crippen LogP contribution in [0.4, 0.5) is 0 Å². The maximum Gasteiger partial charge on any atom is 0.326 e. The first-order valence-corrected chi connectivity index (χ1v) is 9.42. The van der Waals surface area contributed by atoms with Gasteiger partial charge < -0.3 is 41.7 Å². The molecule has 174 valence electrons. The fourth-order valence-electron chi connectivity index (χ4n) is 3.05. The van der Waals surface area contributed by atoms with Gasteiger partial charge in [-0.15, -0.1) is 0 Å². The first-order valence-electron chi connectivity index (χ1n) is 9.42. The summed E-state index contributed by atoms with van der Waals surface area (Å²) in [5, 5.41) is 40.0. The number of carbonyl (C=O) groups excluding carboxylic acids is 3. The SMILES string of the molecule is NC(CO)C(=O)N1CCCC1C(=O)NC(CCC(=O)O)C(=O)NC(CC(=O)O)C(=O)O. The smallest absolute Gasteiger partial charge is 0.326 e.